The Balaban J connectivity index is 2.25. The average Bonchev–Trinajstić information content (AvgIpc) is 2.68. The van der Waals surface area contributed by atoms with Gasteiger partial charge in [-0.15, -0.1) is 0 Å². The maximum atomic E-state index is 10.8. The van der Waals surface area contributed by atoms with E-state index in [-0.39, 0.29) is 16.7 Å². The summed E-state index contributed by atoms with van der Waals surface area (Å²) >= 11 is 0. The smallest absolute Gasteiger partial charge is 0.270 e. The number of nitrogens with one attached hydrogen (secondary N) is 1. The summed E-state index contributed by atoms with van der Waals surface area (Å²) in [6.45, 7) is 0. The van der Waals surface area contributed by atoms with E-state index in [4.69, 9.17) is 5.73 Å². The Morgan fingerprint density at radius 2 is 2.29 bits per heavy atom. The van der Waals surface area contributed by atoms with Gasteiger partial charge < -0.3 is 10.7 Å². The van der Waals surface area contributed by atoms with Crippen LogP contribution < -0.4 is 5.73 Å². The fourth-order valence-corrected chi connectivity index (χ4v) is 2.60. The highest BCUT2D eigenvalue weighted by molar-refractivity contribution is 5.87. The average molecular weight is 231 g/mol. The van der Waals surface area contributed by atoms with E-state index in [0.29, 0.717) is 0 Å². The number of aromatic amines is 1. The van der Waals surface area contributed by atoms with Crippen molar-refractivity contribution >= 4 is 16.6 Å². The largest absolute Gasteiger partial charge is 0.357 e. The fourth-order valence-electron chi connectivity index (χ4n) is 2.60. The summed E-state index contributed by atoms with van der Waals surface area (Å²) in [5.74, 6) is 0. The molecular formula is C12H13N3O2. The van der Waals surface area contributed by atoms with Gasteiger partial charge in [0.15, 0.2) is 0 Å². The van der Waals surface area contributed by atoms with Gasteiger partial charge in [-0.25, -0.2) is 0 Å². The molecule has 0 radical (unpaired) electrons. The number of H-pyrrole nitrogens is 1. The molecule has 2 aromatic rings. The molecule has 1 aromatic heterocycles. The molecule has 3 rings (SSSR count). The Hall–Kier alpha value is -1.88. The number of hydrogen-bond donors (Lipinski definition) is 2. The lowest BCUT2D eigenvalue weighted by Gasteiger charge is -2.18. The van der Waals surface area contributed by atoms with Crippen molar-refractivity contribution in [3.8, 4) is 0 Å². The van der Waals surface area contributed by atoms with E-state index in [1.807, 2.05) is 0 Å². The molecule has 0 bridgehead atoms. The first-order chi connectivity index (χ1) is 8.16. The molecule has 1 heterocycles. The fraction of sp³-hybridized carbons (Fsp3) is 0.333. The summed E-state index contributed by atoms with van der Waals surface area (Å²) in [6.07, 6.45) is 2.97. The van der Waals surface area contributed by atoms with Crippen LogP contribution in [0.15, 0.2) is 18.2 Å². The predicted molar refractivity (Wildman–Crippen MR) is 64.8 cm³/mol. The Kier molecular flexibility index (Phi) is 2.16. The van der Waals surface area contributed by atoms with Crippen molar-refractivity contribution in [1.29, 1.82) is 0 Å². The number of benzene rings is 1. The molecule has 88 valence electrons. The summed E-state index contributed by atoms with van der Waals surface area (Å²) in [7, 11) is 0. The van der Waals surface area contributed by atoms with Crippen molar-refractivity contribution in [2.45, 2.75) is 25.3 Å². The van der Waals surface area contributed by atoms with Crippen LogP contribution in [0.25, 0.3) is 10.9 Å². The van der Waals surface area contributed by atoms with Gasteiger partial charge in [-0.05, 0) is 30.9 Å². The van der Waals surface area contributed by atoms with Gasteiger partial charge in [0.2, 0.25) is 0 Å². The van der Waals surface area contributed by atoms with Gasteiger partial charge in [0.05, 0.1) is 4.92 Å². The lowest BCUT2D eigenvalue weighted by atomic mass is 9.92. The van der Waals surface area contributed by atoms with Crippen LogP contribution in [0.5, 0.6) is 0 Å². The number of non-ortho nitro benzene ring substituents is 1. The molecule has 3 N–H and O–H groups in total. The van der Waals surface area contributed by atoms with Gasteiger partial charge >= 0.3 is 0 Å². The number of aromatic nitrogens is 1. The lowest BCUT2D eigenvalue weighted by molar-refractivity contribution is -0.384. The number of rotatable bonds is 1. The molecule has 1 atom stereocenters. The zero-order valence-corrected chi connectivity index (χ0v) is 9.27. The zero-order valence-electron chi connectivity index (χ0n) is 9.27. The van der Waals surface area contributed by atoms with Crippen LogP contribution in [-0.4, -0.2) is 9.91 Å². The van der Waals surface area contributed by atoms with E-state index >= 15 is 0 Å². The molecule has 17 heavy (non-hydrogen) atoms. The van der Waals surface area contributed by atoms with E-state index in [1.54, 1.807) is 12.1 Å². The van der Waals surface area contributed by atoms with Crippen LogP contribution in [0, 0.1) is 10.1 Å². The topological polar surface area (TPSA) is 85.0 Å². The van der Waals surface area contributed by atoms with Gasteiger partial charge in [0.25, 0.3) is 5.69 Å². The Labute approximate surface area is 97.8 Å². The van der Waals surface area contributed by atoms with Crippen LogP contribution in [0.3, 0.4) is 0 Å². The monoisotopic (exact) mass is 231 g/mol. The van der Waals surface area contributed by atoms with Gasteiger partial charge in [-0.2, -0.15) is 0 Å². The molecule has 1 unspecified atom stereocenters. The second kappa shape index (κ2) is 3.56. The minimum absolute atomic E-state index is 0.0326. The molecule has 0 saturated heterocycles. The van der Waals surface area contributed by atoms with Gasteiger partial charge in [0.1, 0.15) is 0 Å². The van der Waals surface area contributed by atoms with Crippen LogP contribution in [-0.2, 0) is 6.42 Å². The van der Waals surface area contributed by atoms with Gasteiger partial charge in [0, 0.05) is 34.8 Å². The third-order valence-corrected chi connectivity index (χ3v) is 3.45. The van der Waals surface area contributed by atoms with E-state index in [0.717, 1.165) is 41.4 Å². The van der Waals surface area contributed by atoms with Crippen LogP contribution >= 0.6 is 0 Å². The summed E-state index contributed by atoms with van der Waals surface area (Å²) in [5, 5.41) is 11.7. The maximum Gasteiger partial charge on any atom is 0.270 e. The second-order valence-electron chi connectivity index (χ2n) is 4.50. The summed E-state index contributed by atoms with van der Waals surface area (Å²) < 4.78 is 0. The van der Waals surface area contributed by atoms with Crippen molar-refractivity contribution in [3.05, 3.63) is 39.6 Å². The van der Waals surface area contributed by atoms with Crippen molar-refractivity contribution in [2.24, 2.45) is 5.73 Å². The second-order valence-corrected chi connectivity index (χ2v) is 4.50. The Bertz CT molecular complexity index is 603. The van der Waals surface area contributed by atoms with Crippen molar-refractivity contribution in [1.82, 2.24) is 4.98 Å². The predicted octanol–water partition coefficient (Wildman–Crippen LogP) is 2.41. The van der Waals surface area contributed by atoms with Crippen molar-refractivity contribution < 1.29 is 4.92 Å². The van der Waals surface area contributed by atoms with E-state index in [1.165, 1.54) is 6.07 Å². The van der Waals surface area contributed by atoms with Crippen LogP contribution in [0.1, 0.15) is 30.1 Å². The van der Waals surface area contributed by atoms with E-state index in [9.17, 15) is 10.1 Å². The van der Waals surface area contributed by atoms with E-state index < -0.39 is 0 Å². The van der Waals surface area contributed by atoms with Gasteiger partial charge in [-0.3, -0.25) is 10.1 Å². The SMILES string of the molecule is NC1CCCc2c1[nH]c1ccc([N+](=O)[O-])cc21. The molecule has 1 aliphatic carbocycles. The summed E-state index contributed by atoms with van der Waals surface area (Å²) in [4.78, 5) is 13.7. The first-order valence-corrected chi connectivity index (χ1v) is 5.71. The van der Waals surface area contributed by atoms with Crippen LogP contribution in [0.4, 0.5) is 5.69 Å². The summed E-state index contributed by atoms with van der Waals surface area (Å²) in [6, 6.07) is 4.96. The number of nitrogens with two attached hydrogens (primary N) is 1. The number of nitro groups is 1. The highest BCUT2D eigenvalue weighted by Gasteiger charge is 2.22. The highest BCUT2D eigenvalue weighted by Crippen LogP contribution is 2.34. The number of nitro benzene ring substituents is 1. The molecular weight excluding hydrogens is 218 g/mol. The zero-order chi connectivity index (χ0) is 12.0. The van der Waals surface area contributed by atoms with Crippen molar-refractivity contribution in [3.63, 3.8) is 0 Å². The Morgan fingerprint density at radius 1 is 1.47 bits per heavy atom. The number of hydrogen-bond acceptors (Lipinski definition) is 3. The maximum absolute atomic E-state index is 10.8. The standard InChI is InChI=1S/C12H13N3O2/c13-10-3-1-2-8-9-6-7(15(16)17)4-5-11(9)14-12(8)10/h4-6,10,14H,1-3,13H2. The Morgan fingerprint density at radius 3 is 3.06 bits per heavy atom. The minimum atomic E-state index is -0.360. The number of aryl methyl sites for hydroxylation is 1. The quantitative estimate of drug-likeness (QED) is 0.583. The van der Waals surface area contributed by atoms with Crippen LogP contribution in [0.2, 0.25) is 0 Å². The molecule has 0 saturated carbocycles. The minimum Gasteiger partial charge on any atom is -0.357 e. The molecule has 0 amide bonds. The first kappa shape index (κ1) is 10.3. The molecule has 0 spiro atoms. The molecule has 0 aliphatic heterocycles. The molecule has 1 aliphatic rings. The summed E-state index contributed by atoms with van der Waals surface area (Å²) in [5.41, 5.74) is 9.33. The third kappa shape index (κ3) is 1.51. The molecule has 5 heteroatoms. The number of fused-ring (bicyclic) bond motifs is 3. The molecule has 5 nitrogen and oxygen atoms in total. The molecule has 1 aromatic carbocycles. The van der Waals surface area contributed by atoms with Crippen molar-refractivity contribution in [2.75, 3.05) is 0 Å². The number of nitrogens with zero attached hydrogens (tertiary/aromatic N) is 1. The normalized spacial score (nSPS) is 19.2. The van der Waals surface area contributed by atoms with E-state index in [2.05, 4.69) is 4.98 Å². The highest BCUT2D eigenvalue weighted by atomic mass is 16.6. The third-order valence-electron chi connectivity index (χ3n) is 3.45. The van der Waals surface area contributed by atoms with Gasteiger partial charge in [-0.1, -0.05) is 0 Å². The molecule has 0 fully saturated rings. The first-order valence-electron chi connectivity index (χ1n) is 5.71. The lowest BCUT2D eigenvalue weighted by Crippen LogP contribution is -2.16.